The average Bonchev–Trinajstić information content (AvgIpc) is 1.93. The zero-order chi connectivity index (χ0) is 8.27. The highest BCUT2D eigenvalue weighted by atomic mass is 19.3. The quantitative estimate of drug-likeness (QED) is 0.620. The fourth-order valence-electron chi connectivity index (χ4n) is 0.546. The number of rotatable bonds is 2. The Labute approximate surface area is 58.6 Å². The van der Waals surface area contributed by atoms with Crippen molar-refractivity contribution in [1.82, 2.24) is 0 Å². The van der Waals surface area contributed by atoms with Gasteiger partial charge in [-0.1, -0.05) is 18.2 Å². The molecule has 0 N–H and O–H groups in total. The van der Waals surface area contributed by atoms with Gasteiger partial charge < -0.3 is 4.74 Å². The van der Waals surface area contributed by atoms with Crippen LogP contribution in [-0.2, 0) is 0 Å². The van der Waals surface area contributed by atoms with E-state index in [0.717, 1.165) is 0 Å². The molecule has 1 nitrogen and oxygen atoms in total. The molecule has 0 saturated carbocycles. The van der Waals surface area contributed by atoms with Crippen LogP contribution in [0.15, 0.2) is 30.3 Å². The highest BCUT2D eigenvalue weighted by Crippen LogP contribution is 2.11. The van der Waals surface area contributed by atoms with Gasteiger partial charge in [0.05, 0.1) is 1.37 Å². The highest BCUT2D eigenvalue weighted by molar-refractivity contribution is 5.20. The van der Waals surface area contributed by atoms with Crippen molar-refractivity contribution in [2.24, 2.45) is 0 Å². The third kappa shape index (κ3) is 2.01. The van der Waals surface area contributed by atoms with Crippen molar-refractivity contribution in [3.05, 3.63) is 30.3 Å². The van der Waals surface area contributed by atoms with Gasteiger partial charge in [0.15, 0.2) is 0 Å². The van der Waals surface area contributed by atoms with Crippen LogP contribution >= 0.6 is 0 Å². The SMILES string of the molecule is [2H]c1ccccc1OC(F)F. The van der Waals surface area contributed by atoms with Crippen LogP contribution in [0.1, 0.15) is 1.37 Å². The molecule has 0 atom stereocenters. The molecule has 0 aliphatic carbocycles. The molecule has 0 heterocycles. The van der Waals surface area contributed by atoms with Gasteiger partial charge in [-0.05, 0) is 12.1 Å². The lowest BCUT2D eigenvalue weighted by atomic mass is 10.3. The Bertz CT molecular complexity index is 240. The molecule has 10 heavy (non-hydrogen) atoms. The van der Waals surface area contributed by atoms with Crippen molar-refractivity contribution in [3.63, 3.8) is 0 Å². The summed E-state index contributed by atoms with van der Waals surface area (Å²) in [6.45, 7) is -2.86. The number of ether oxygens (including phenoxy) is 1. The first-order chi connectivity index (χ1) is 5.20. The molecule has 0 radical (unpaired) electrons. The standard InChI is InChI=1S/C7H6F2O/c8-7(9)10-6-4-2-1-3-5-6/h1-5,7H/i4D. The van der Waals surface area contributed by atoms with Gasteiger partial charge in [0.1, 0.15) is 5.75 Å². The summed E-state index contributed by atoms with van der Waals surface area (Å²) in [6.07, 6.45) is 0. The number of para-hydroxylation sites is 1. The monoisotopic (exact) mass is 145 g/mol. The van der Waals surface area contributed by atoms with Crippen LogP contribution in [0.4, 0.5) is 8.78 Å². The Kier molecular flexibility index (Phi) is 1.78. The first kappa shape index (κ1) is 5.65. The third-order valence-corrected chi connectivity index (χ3v) is 0.897. The summed E-state index contributed by atoms with van der Waals surface area (Å²) in [7, 11) is 0. The second-order valence-corrected chi connectivity index (χ2v) is 1.61. The van der Waals surface area contributed by atoms with E-state index in [2.05, 4.69) is 4.74 Å². The minimum atomic E-state index is -2.86. The fourth-order valence-corrected chi connectivity index (χ4v) is 0.546. The Morgan fingerprint density at radius 3 is 2.80 bits per heavy atom. The molecule has 0 aromatic heterocycles. The van der Waals surface area contributed by atoms with E-state index in [-0.39, 0.29) is 11.8 Å². The van der Waals surface area contributed by atoms with Crippen LogP contribution in [0.2, 0.25) is 0 Å². The average molecular weight is 145 g/mol. The Hall–Kier alpha value is -1.12. The zero-order valence-electron chi connectivity index (χ0n) is 6.05. The molecule has 0 bridgehead atoms. The van der Waals surface area contributed by atoms with E-state index < -0.39 is 6.61 Å². The number of alkyl halides is 2. The first-order valence-electron chi connectivity index (χ1n) is 3.20. The molecule has 0 aliphatic heterocycles. The summed E-state index contributed by atoms with van der Waals surface area (Å²) in [4.78, 5) is 0. The summed E-state index contributed by atoms with van der Waals surface area (Å²) in [5.41, 5.74) is 0. The Morgan fingerprint density at radius 2 is 2.20 bits per heavy atom. The van der Waals surface area contributed by atoms with Gasteiger partial charge in [-0.25, -0.2) is 0 Å². The van der Waals surface area contributed by atoms with Crippen molar-refractivity contribution in [1.29, 1.82) is 0 Å². The van der Waals surface area contributed by atoms with Crippen LogP contribution < -0.4 is 4.74 Å². The van der Waals surface area contributed by atoms with Gasteiger partial charge in [0.2, 0.25) is 0 Å². The molecule has 1 aromatic carbocycles. The second kappa shape index (κ2) is 3.15. The van der Waals surface area contributed by atoms with E-state index in [0.29, 0.717) is 0 Å². The predicted octanol–water partition coefficient (Wildman–Crippen LogP) is 2.29. The van der Waals surface area contributed by atoms with E-state index in [1.165, 1.54) is 18.2 Å². The van der Waals surface area contributed by atoms with Gasteiger partial charge in [-0.15, -0.1) is 0 Å². The van der Waals surface area contributed by atoms with Crippen LogP contribution in [0.3, 0.4) is 0 Å². The minimum Gasteiger partial charge on any atom is -0.435 e. The maximum atomic E-state index is 11.6. The van der Waals surface area contributed by atoms with Crippen molar-refractivity contribution in [3.8, 4) is 5.75 Å². The number of hydrogen-bond acceptors (Lipinski definition) is 1. The zero-order valence-corrected chi connectivity index (χ0v) is 5.05. The van der Waals surface area contributed by atoms with Gasteiger partial charge in [-0.2, -0.15) is 8.78 Å². The van der Waals surface area contributed by atoms with Gasteiger partial charge in [0, 0.05) is 0 Å². The topological polar surface area (TPSA) is 9.23 Å². The summed E-state index contributed by atoms with van der Waals surface area (Å²) in [6, 6.07) is 5.80. The lowest BCUT2D eigenvalue weighted by molar-refractivity contribution is -0.0498. The third-order valence-electron chi connectivity index (χ3n) is 0.897. The van der Waals surface area contributed by atoms with Crippen molar-refractivity contribution < 1.29 is 14.9 Å². The smallest absolute Gasteiger partial charge is 0.387 e. The molecular weight excluding hydrogens is 138 g/mol. The van der Waals surface area contributed by atoms with Crippen molar-refractivity contribution in [2.75, 3.05) is 0 Å². The Morgan fingerprint density at radius 1 is 1.40 bits per heavy atom. The minimum absolute atomic E-state index is 0.0344. The van der Waals surface area contributed by atoms with Gasteiger partial charge >= 0.3 is 6.61 Å². The second-order valence-electron chi connectivity index (χ2n) is 1.61. The maximum Gasteiger partial charge on any atom is 0.387 e. The molecule has 0 spiro atoms. The number of hydrogen-bond donors (Lipinski definition) is 0. The Balaban J connectivity index is 2.78. The van der Waals surface area contributed by atoms with E-state index in [9.17, 15) is 8.78 Å². The van der Waals surface area contributed by atoms with E-state index in [1.807, 2.05) is 0 Å². The number of benzene rings is 1. The normalized spacial score (nSPS) is 11.3. The lowest BCUT2D eigenvalue weighted by Crippen LogP contribution is -2.00. The van der Waals surface area contributed by atoms with Crippen LogP contribution in [0.25, 0.3) is 0 Å². The summed E-state index contributed by atoms with van der Waals surface area (Å²) in [5, 5.41) is 0. The predicted molar refractivity (Wildman–Crippen MR) is 33.1 cm³/mol. The first-order valence-corrected chi connectivity index (χ1v) is 2.70. The van der Waals surface area contributed by atoms with Crippen LogP contribution in [0, 0.1) is 0 Å². The van der Waals surface area contributed by atoms with E-state index in [4.69, 9.17) is 1.37 Å². The van der Waals surface area contributed by atoms with Crippen LogP contribution in [-0.4, -0.2) is 6.61 Å². The fraction of sp³-hybridized carbons (Fsp3) is 0.143. The molecule has 0 amide bonds. The molecule has 3 heteroatoms. The number of halogens is 2. The molecule has 0 unspecified atom stereocenters. The summed E-state index contributed by atoms with van der Waals surface area (Å²) >= 11 is 0. The van der Waals surface area contributed by atoms with E-state index >= 15 is 0 Å². The molecule has 0 saturated heterocycles. The lowest BCUT2D eigenvalue weighted by Gasteiger charge is -2.01. The van der Waals surface area contributed by atoms with E-state index in [1.54, 1.807) is 6.07 Å². The summed E-state index contributed by atoms with van der Waals surface area (Å²) in [5.74, 6) is -0.0949. The highest BCUT2D eigenvalue weighted by Gasteiger charge is 2.01. The molecule has 1 aromatic rings. The summed E-state index contributed by atoms with van der Waals surface area (Å²) < 4.78 is 34.3. The largest absolute Gasteiger partial charge is 0.435 e. The van der Waals surface area contributed by atoms with Crippen molar-refractivity contribution >= 4 is 0 Å². The maximum absolute atomic E-state index is 11.6. The van der Waals surface area contributed by atoms with Gasteiger partial charge in [0.25, 0.3) is 0 Å². The molecule has 0 fully saturated rings. The van der Waals surface area contributed by atoms with Gasteiger partial charge in [-0.3, -0.25) is 0 Å². The van der Waals surface area contributed by atoms with Crippen LogP contribution in [0.5, 0.6) is 5.75 Å². The molecule has 54 valence electrons. The molecular formula is C7H6F2O. The van der Waals surface area contributed by atoms with Crippen molar-refractivity contribution in [2.45, 2.75) is 6.61 Å². The molecule has 1 rings (SSSR count). The molecule has 0 aliphatic rings.